The minimum atomic E-state index is -2.80. The number of rotatable bonds is 37. The van der Waals surface area contributed by atoms with Crippen LogP contribution in [0.2, 0.25) is 18.1 Å². The molecule has 0 aliphatic rings. The molecule has 0 heterocycles. The molecule has 0 rings (SSSR count). The summed E-state index contributed by atoms with van der Waals surface area (Å²) in [7, 11) is -6.66. The van der Waals surface area contributed by atoms with Crippen molar-refractivity contribution in [3.05, 3.63) is 24.3 Å². The van der Waals surface area contributed by atoms with Crippen molar-refractivity contribution < 1.29 is 58.9 Å². The molecule has 2 amide bonds. The molecule has 324 valence electrons. The number of carbonyl (C=O) groups is 2. The molecule has 1 atom stereocenters. The normalized spacial score (nSPS) is 13.1. The Morgan fingerprint density at radius 3 is 1.31 bits per heavy atom. The van der Waals surface area contributed by atoms with Crippen LogP contribution in [0.25, 0.3) is 0 Å². The Bertz CT molecular complexity index is 973. The van der Waals surface area contributed by atoms with Gasteiger partial charge >= 0.3 is 38.6 Å². The summed E-state index contributed by atoms with van der Waals surface area (Å²) in [5.41, 5.74) is 0. The first-order chi connectivity index (χ1) is 26.6. The molecule has 18 heteroatoms. The van der Waals surface area contributed by atoms with E-state index in [1.54, 1.807) is 7.11 Å². The second kappa shape index (κ2) is 34.4. The van der Waals surface area contributed by atoms with E-state index in [0.717, 1.165) is 25.7 Å². The zero-order valence-electron chi connectivity index (χ0n) is 35.5. The van der Waals surface area contributed by atoms with Gasteiger partial charge in [-0.3, -0.25) is 0 Å². The SMILES string of the molecule is CCO[Si](CCCNC(=O)OCC=CCC(CCC=CCOC(=O)NCCC[Si](OCC)(OCC)OCC)CC[Si](OCC)(OCC)OCC)(OC)OCC. The fourth-order valence-electron chi connectivity index (χ4n) is 5.82. The minimum absolute atomic E-state index is 0.163. The number of hydrogen-bond acceptors (Lipinski definition) is 13. The van der Waals surface area contributed by atoms with E-state index in [2.05, 4.69) is 10.6 Å². The maximum absolute atomic E-state index is 12.3. The van der Waals surface area contributed by atoms with Crippen LogP contribution >= 0.6 is 0 Å². The van der Waals surface area contributed by atoms with Gasteiger partial charge in [0.2, 0.25) is 0 Å². The van der Waals surface area contributed by atoms with E-state index in [1.807, 2.05) is 79.7 Å². The van der Waals surface area contributed by atoms with Gasteiger partial charge in [0.15, 0.2) is 0 Å². The van der Waals surface area contributed by atoms with Crippen molar-refractivity contribution in [2.45, 2.75) is 112 Å². The highest BCUT2D eigenvalue weighted by Crippen LogP contribution is 2.26. The fraction of sp³-hybridized carbons (Fsp3) is 0.838. The molecular weight excluding hydrogens is 765 g/mol. The van der Waals surface area contributed by atoms with Gasteiger partial charge in [0.1, 0.15) is 13.2 Å². The van der Waals surface area contributed by atoms with Gasteiger partial charge in [-0.2, -0.15) is 0 Å². The number of nitrogens with one attached hydrogen (secondary N) is 2. The van der Waals surface area contributed by atoms with E-state index in [9.17, 15) is 9.59 Å². The average Bonchev–Trinajstić information content (AvgIpc) is 3.15. The highest BCUT2D eigenvalue weighted by Gasteiger charge is 2.41. The first-order valence-corrected chi connectivity index (χ1v) is 26.2. The van der Waals surface area contributed by atoms with Crippen LogP contribution in [-0.4, -0.2) is 125 Å². The molecule has 0 aromatic carbocycles. The topological polar surface area (TPSA) is 160 Å². The Kier molecular flexibility index (Phi) is 33.3. The van der Waals surface area contributed by atoms with E-state index in [1.165, 1.54) is 0 Å². The van der Waals surface area contributed by atoms with Crippen LogP contribution in [0.5, 0.6) is 0 Å². The van der Waals surface area contributed by atoms with E-state index in [0.29, 0.717) is 103 Å². The molecule has 0 aromatic heterocycles. The summed E-state index contributed by atoms with van der Waals surface area (Å²) < 4.78 is 63.8. The van der Waals surface area contributed by atoms with Crippen LogP contribution in [-0.2, 0) is 49.3 Å². The lowest BCUT2D eigenvalue weighted by Gasteiger charge is -2.29. The third kappa shape index (κ3) is 25.3. The molecule has 0 aromatic rings. The molecule has 0 radical (unpaired) electrons. The quantitative estimate of drug-likeness (QED) is 0.0366. The van der Waals surface area contributed by atoms with Crippen LogP contribution < -0.4 is 10.6 Å². The standard InChI is InChI=1S/C37H76N2O13Si3/c1-10-45-53(42-9,46-11-2)32-23-28-38-37(41)44-31-22-20-26-35(27-34-55(50-15-6,51-16-7)52-17-8)25-19-18-21-30-43-36(40)39-29-24-33-54(47-12-3,48-13-4)49-14-5/h18,20-22,35H,10-17,19,23-34H2,1-9H3,(H,38,41)(H,39,40). The molecule has 0 bridgehead atoms. The molecule has 0 spiro atoms. The molecule has 2 N–H and O–H groups in total. The number of amides is 2. The maximum atomic E-state index is 12.3. The third-order valence-electron chi connectivity index (χ3n) is 8.11. The highest BCUT2D eigenvalue weighted by atomic mass is 28.4. The summed E-state index contributed by atoms with van der Waals surface area (Å²) in [4.78, 5) is 24.5. The van der Waals surface area contributed by atoms with Gasteiger partial charge in [0.25, 0.3) is 0 Å². The molecule has 1 unspecified atom stereocenters. The van der Waals surface area contributed by atoms with Gasteiger partial charge < -0.3 is 59.9 Å². The van der Waals surface area contributed by atoms with Crippen molar-refractivity contribution in [2.75, 3.05) is 86.3 Å². The molecule has 0 saturated heterocycles. The first-order valence-electron chi connectivity index (χ1n) is 20.4. The summed E-state index contributed by atoms with van der Waals surface area (Å²) in [5, 5.41) is 5.58. The van der Waals surface area contributed by atoms with Crippen LogP contribution in [0.1, 0.15) is 93.9 Å². The van der Waals surface area contributed by atoms with Gasteiger partial charge in [0, 0.05) is 91.2 Å². The molecule has 15 nitrogen and oxygen atoms in total. The van der Waals surface area contributed by atoms with E-state index in [-0.39, 0.29) is 13.2 Å². The van der Waals surface area contributed by atoms with Gasteiger partial charge in [-0.25, -0.2) is 9.59 Å². The van der Waals surface area contributed by atoms with Crippen LogP contribution in [0.3, 0.4) is 0 Å². The van der Waals surface area contributed by atoms with E-state index in [4.69, 9.17) is 49.3 Å². The van der Waals surface area contributed by atoms with Gasteiger partial charge in [-0.1, -0.05) is 24.3 Å². The Labute approximate surface area is 335 Å². The number of ether oxygens (including phenoxy) is 2. The predicted octanol–water partition coefficient (Wildman–Crippen LogP) is 7.26. The van der Waals surface area contributed by atoms with Gasteiger partial charge in [-0.15, -0.1) is 0 Å². The molecule has 0 fully saturated rings. The second-order valence-corrected chi connectivity index (χ2v) is 20.5. The van der Waals surface area contributed by atoms with Crippen molar-refractivity contribution >= 4 is 38.6 Å². The molecule has 55 heavy (non-hydrogen) atoms. The Balaban J connectivity index is 4.98. The van der Waals surface area contributed by atoms with Crippen molar-refractivity contribution in [3.8, 4) is 0 Å². The Morgan fingerprint density at radius 2 is 0.891 bits per heavy atom. The van der Waals surface area contributed by atoms with E-state index >= 15 is 0 Å². The first kappa shape index (κ1) is 53.3. The fourth-order valence-corrected chi connectivity index (χ4v) is 13.5. The Hall–Kier alpha value is -1.69. The molecular formula is C37H76N2O13Si3. The summed E-state index contributed by atoms with van der Waals surface area (Å²) in [6.45, 7) is 20.8. The number of carbonyl (C=O) groups excluding carboxylic acids is 2. The van der Waals surface area contributed by atoms with Crippen LogP contribution in [0, 0.1) is 5.92 Å². The van der Waals surface area contributed by atoms with Gasteiger partial charge in [0.05, 0.1) is 0 Å². The van der Waals surface area contributed by atoms with Crippen LogP contribution in [0.15, 0.2) is 24.3 Å². The largest absolute Gasteiger partial charge is 0.500 e. The van der Waals surface area contributed by atoms with E-state index < -0.39 is 38.6 Å². The highest BCUT2D eigenvalue weighted by molar-refractivity contribution is 6.61. The molecule has 0 aliphatic carbocycles. The lowest BCUT2D eigenvalue weighted by molar-refractivity contribution is 0.0691. The third-order valence-corrected chi connectivity index (χ3v) is 17.4. The zero-order chi connectivity index (χ0) is 41.1. The smallest absolute Gasteiger partial charge is 0.445 e. The lowest BCUT2D eigenvalue weighted by atomic mass is 9.96. The minimum Gasteiger partial charge on any atom is -0.445 e. The van der Waals surface area contributed by atoms with Crippen molar-refractivity contribution in [2.24, 2.45) is 5.92 Å². The van der Waals surface area contributed by atoms with Crippen molar-refractivity contribution in [1.29, 1.82) is 0 Å². The summed E-state index contributed by atoms with van der Waals surface area (Å²) in [6.07, 6.45) is 11.5. The monoisotopic (exact) mass is 840 g/mol. The maximum Gasteiger partial charge on any atom is 0.500 e. The van der Waals surface area contributed by atoms with Crippen molar-refractivity contribution in [1.82, 2.24) is 10.6 Å². The summed E-state index contributed by atoms with van der Waals surface area (Å²) in [5.74, 6) is 0.300. The number of alkyl carbamates (subject to hydrolysis) is 2. The Morgan fingerprint density at radius 1 is 0.509 bits per heavy atom. The molecule has 0 saturated carbocycles. The van der Waals surface area contributed by atoms with Crippen LogP contribution in [0.4, 0.5) is 9.59 Å². The number of allylic oxidation sites excluding steroid dienone is 2. The van der Waals surface area contributed by atoms with Crippen molar-refractivity contribution in [3.63, 3.8) is 0 Å². The lowest BCUT2D eigenvalue weighted by Crippen LogP contribution is -2.46. The molecule has 0 aliphatic heterocycles. The second-order valence-electron chi connectivity index (χ2n) is 12.1. The predicted molar refractivity (Wildman–Crippen MR) is 220 cm³/mol. The number of hydrogen-bond donors (Lipinski definition) is 2. The van der Waals surface area contributed by atoms with Gasteiger partial charge in [-0.05, 0) is 99.8 Å². The average molecular weight is 841 g/mol. The zero-order valence-corrected chi connectivity index (χ0v) is 38.5. The summed E-state index contributed by atoms with van der Waals surface area (Å²) >= 11 is 0. The summed E-state index contributed by atoms with van der Waals surface area (Å²) in [6, 6.07) is 1.93.